The van der Waals surface area contributed by atoms with E-state index < -0.39 is 0 Å². The number of hydrogen-bond donors (Lipinski definition) is 2. The van der Waals surface area contributed by atoms with Crippen LogP contribution in [0, 0.1) is 13.8 Å². The molecule has 0 aliphatic rings. The average Bonchev–Trinajstić information content (AvgIpc) is 2.38. The van der Waals surface area contributed by atoms with Gasteiger partial charge in [0.25, 0.3) is 0 Å². The number of halogens is 1. The van der Waals surface area contributed by atoms with Gasteiger partial charge >= 0.3 is 6.03 Å². The van der Waals surface area contributed by atoms with E-state index in [-0.39, 0.29) is 6.03 Å². The second-order valence-corrected chi connectivity index (χ2v) is 5.73. The summed E-state index contributed by atoms with van der Waals surface area (Å²) >= 11 is 3.36. The number of rotatable bonds is 3. The van der Waals surface area contributed by atoms with Crippen molar-refractivity contribution < 1.29 is 4.79 Å². The van der Waals surface area contributed by atoms with Crippen LogP contribution in [0.25, 0.3) is 0 Å². The molecule has 0 saturated heterocycles. The highest BCUT2D eigenvalue weighted by Crippen LogP contribution is 2.14. The largest absolute Gasteiger partial charge is 0.334 e. The van der Waals surface area contributed by atoms with E-state index in [9.17, 15) is 4.79 Å². The van der Waals surface area contributed by atoms with Crippen LogP contribution >= 0.6 is 15.9 Å². The maximum atomic E-state index is 11.8. The van der Waals surface area contributed by atoms with Crippen LogP contribution in [0.1, 0.15) is 16.7 Å². The SMILES string of the molecule is Cc1cc(C)cc(CNC(=O)Nc2ccc(Br)cc2)c1. The summed E-state index contributed by atoms with van der Waals surface area (Å²) in [7, 11) is 0. The van der Waals surface area contributed by atoms with Crippen molar-refractivity contribution in [2.75, 3.05) is 5.32 Å². The van der Waals surface area contributed by atoms with Gasteiger partial charge in [0.15, 0.2) is 0 Å². The molecule has 0 aliphatic heterocycles. The fraction of sp³-hybridized carbons (Fsp3) is 0.188. The number of aryl methyl sites for hydroxylation is 2. The molecule has 0 unspecified atom stereocenters. The molecule has 2 N–H and O–H groups in total. The maximum Gasteiger partial charge on any atom is 0.319 e. The van der Waals surface area contributed by atoms with Gasteiger partial charge in [-0.3, -0.25) is 0 Å². The number of anilines is 1. The molecule has 2 rings (SSSR count). The van der Waals surface area contributed by atoms with Gasteiger partial charge < -0.3 is 10.6 Å². The predicted octanol–water partition coefficient (Wildman–Crippen LogP) is 4.39. The molecule has 104 valence electrons. The Morgan fingerprint density at radius 2 is 1.65 bits per heavy atom. The first kappa shape index (κ1) is 14.6. The smallest absolute Gasteiger partial charge is 0.319 e. The lowest BCUT2D eigenvalue weighted by Crippen LogP contribution is -2.28. The van der Waals surface area contributed by atoms with Crippen LogP contribution in [0.5, 0.6) is 0 Å². The zero-order valence-corrected chi connectivity index (χ0v) is 13.1. The maximum absolute atomic E-state index is 11.8. The number of carbonyl (C=O) groups excluding carboxylic acids is 1. The van der Waals surface area contributed by atoms with Crippen LogP contribution in [0.15, 0.2) is 46.9 Å². The minimum absolute atomic E-state index is 0.202. The minimum Gasteiger partial charge on any atom is -0.334 e. The zero-order chi connectivity index (χ0) is 14.5. The predicted molar refractivity (Wildman–Crippen MR) is 85.9 cm³/mol. The van der Waals surface area contributed by atoms with Crippen LogP contribution in [-0.2, 0) is 6.54 Å². The summed E-state index contributed by atoms with van der Waals surface area (Å²) in [6, 6.07) is 13.5. The Morgan fingerprint density at radius 3 is 2.25 bits per heavy atom. The molecule has 3 nitrogen and oxygen atoms in total. The van der Waals surface area contributed by atoms with Crippen molar-refractivity contribution in [2.24, 2.45) is 0 Å². The number of urea groups is 1. The summed E-state index contributed by atoms with van der Waals surface area (Å²) in [4.78, 5) is 11.8. The Balaban J connectivity index is 1.90. The third kappa shape index (κ3) is 4.38. The molecule has 0 saturated carbocycles. The summed E-state index contributed by atoms with van der Waals surface area (Å²) in [5.41, 5.74) is 4.28. The first-order valence-electron chi connectivity index (χ1n) is 6.40. The number of nitrogens with one attached hydrogen (secondary N) is 2. The monoisotopic (exact) mass is 332 g/mol. The van der Waals surface area contributed by atoms with Gasteiger partial charge in [-0.2, -0.15) is 0 Å². The Labute approximate surface area is 127 Å². The van der Waals surface area contributed by atoms with E-state index >= 15 is 0 Å². The summed E-state index contributed by atoms with van der Waals surface area (Å²) in [5.74, 6) is 0. The summed E-state index contributed by atoms with van der Waals surface area (Å²) in [5, 5.41) is 5.65. The van der Waals surface area contributed by atoms with E-state index in [1.807, 2.05) is 24.3 Å². The Kier molecular flexibility index (Phi) is 4.79. The van der Waals surface area contributed by atoms with Gasteiger partial charge in [-0.05, 0) is 43.7 Å². The normalized spacial score (nSPS) is 10.2. The van der Waals surface area contributed by atoms with Crippen LogP contribution in [0.4, 0.5) is 10.5 Å². The second kappa shape index (κ2) is 6.57. The van der Waals surface area contributed by atoms with Gasteiger partial charge in [0, 0.05) is 16.7 Å². The van der Waals surface area contributed by atoms with Crippen LogP contribution in [0.3, 0.4) is 0 Å². The summed E-state index contributed by atoms with van der Waals surface area (Å²) < 4.78 is 0.985. The molecule has 2 aromatic rings. The van der Waals surface area contributed by atoms with Gasteiger partial charge in [0.2, 0.25) is 0 Å². The van der Waals surface area contributed by atoms with Crippen molar-refractivity contribution in [3.63, 3.8) is 0 Å². The van der Waals surface area contributed by atoms with Crippen molar-refractivity contribution in [3.05, 3.63) is 63.6 Å². The molecule has 4 heteroatoms. The summed E-state index contributed by atoms with van der Waals surface area (Å²) in [6.45, 7) is 4.63. The fourth-order valence-electron chi connectivity index (χ4n) is 2.06. The minimum atomic E-state index is -0.202. The number of amides is 2. The molecule has 0 heterocycles. The quantitative estimate of drug-likeness (QED) is 0.859. The van der Waals surface area contributed by atoms with Crippen LogP contribution in [-0.4, -0.2) is 6.03 Å². The highest BCUT2D eigenvalue weighted by Gasteiger charge is 2.02. The molecule has 0 atom stereocenters. The van der Waals surface area contributed by atoms with Gasteiger partial charge in [-0.1, -0.05) is 45.3 Å². The molecule has 0 aliphatic carbocycles. The third-order valence-electron chi connectivity index (χ3n) is 2.84. The van der Waals surface area contributed by atoms with E-state index in [0.29, 0.717) is 6.54 Å². The molecule has 0 aromatic heterocycles. The standard InChI is InChI=1S/C16H17BrN2O/c1-11-7-12(2)9-13(8-11)10-18-16(20)19-15-5-3-14(17)4-6-15/h3-9H,10H2,1-2H3,(H2,18,19,20). The van der Waals surface area contributed by atoms with Gasteiger partial charge in [0.1, 0.15) is 0 Å². The number of carbonyl (C=O) groups is 1. The first-order valence-corrected chi connectivity index (χ1v) is 7.20. The number of benzene rings is 2. The molecular formula is C16H17BrN2O. The van der Waals surface area contributed by atoms with Crippen LogP contribution in [0.2, 0.25) is 0 Å². The van der Waals surface area contributed by atoms with E-state index in [1.165, 1.54) is 11.1 Å². The van der Waals surface area contributed by atoms with Gasteiger partial charge in [-0.25, -0.2) is 4.79 Å². The van der Waals surface area contributed by atoms with Crippen molar-refractivity contribution in [3.8, 4) is 0 Å². The van der Waals surface area contributed by atoms with Crippen molar-refractivity contribution in [1.82, 2.24) is 5.32 Å². The van der Waals surface area contributed by atoms with E-state index in [1.54, 1.807) is 0 Å². The molecule has 0 spiro atoms. The average molecular weight is 333 g/mol. The first-order chi connectivity index (χ1) is 9.52. The highest BCUT2D eigenvalue weighted by molar-refractivity contribution is 9.10. The topological polar surface area (TPSA) is 41.1 Å². The molecule has 0 radical (unpaired) electrons. The van der Waals surface area contributed by atoms with Crippen molar-refractivity contribution in [2.45, 2.75) is 20.4 Å². The van der Waals surface area contributed by atoms with E-state index in [2.05, 4.69) is 58.6 Å². The fourth-order valence-corrected chi connectivity index (χ4v) is 2.33. The number of hydrogen-bond acceptors (Lipinski definition) is 1. The van der Waals surface area contributed by atoms with E-state index in [0.717, 1.165) is 15.7 Å². The van der Waals surface area contributed by atoms with Gasteiger partial charge in [-0.15, -0.1) is 0 Å². The molecule has 0 bridgehead atoms. The Morgan fingerprint density at radius 1 is 1.05 bits per heavy atom. The molecule has 0 fully saturated rings. The second-order valence-electron chi connectivity index (χ2n) is 4.81. The third-order valence-corrected chi connectivity index (χ3v) is 3.37. The van der Waals surface area contributed by atoms with E-state index in [4.69, 9.17) is 0 Å². The lowest BCUT2D eigenvalue weighted by atomic mass is 10.1. The zero-order valence-electron chi connectivity index (χ0n) is 11.5. The Bertz CT molecular complexity index is 588. The molecular weight excluding hydrogens is 316 g/mol. The van der Waals surface area contributed by atoms with Crippen LogP contribution < -0.4 is 10.6 Å². The lowest BCUT2D eigenvalue weighted by Gasteiger charge is -2.09. The van der Waals surface area contributed by atoms with Gasteiger partial charge in [0.05, 0.1) is 0 Å². The Hall–Kier alpha value is -1.81. The van der Waals surface area contributed by atoms with Crippen molar-refractivity contribution in [1.29, 1.82) is 0 Å². The highest BCUT2D eigenvalue weighted by atomic mass is 79.9. The molecule has 2 aromatic carbocycles. The van der Waals surface area contributed by atoms with Crippen molar-refractivity contribution >= 4 is 27.6 Å². The molecule has 2 amide bonds. The molecule has 20 heavy (non-hydrogen) atoms. The lowest BCUT2D eigenvalue weighted by molar-refractivity contribution is 0.251. The summed E-state index contributed by atoms with van der Waals surface area (Å²) in [6.07, 6.45) is 0.